The zero-order chi connectivity index (χ0) is 18.7. The van der Waals surface area contributed by atoms with Gasteiger partial charge in [-0.15, -0.1) is 0 Å². The van der Waals surface area contributed by atoms with E-state index in [1.165, 1.54) is 12.4 Å². The third-order valence-electron chi connectivity index (χ3n) is 4.16. The van der Waals surface area contributed by atoms with Gasteiger partial charge in [0.05, 0.1) is 11.8 Å². The molecule has 0 aliphatic carbocycles. The van der Waals surface area contributed by atoms with E-state index in [4.69, 9.17) is 0 Å². The minimum Gasteiger partial charge on any atom is -0.271 e. The summed E-state index contributed by atoms with van der Waals surface area (Å²) >= 11 is 0. The second-order valence-electron chi connectivity index (χ2n) is 5.98. The molecule has 0 saturated carbocycles. The molecule has 1 atom stereocenters. The molecule has 0 unspecified atom stereocenters. The van der Waals surface area contributed by atoms with Gasteiger partial charge >= 0.3 is 0 Å². The van der Waals surface area contributed by atoms with Gasteiger partial charge in [-0.2, -0.15) is 4.31 Å². The summed E-state index contributed by atoms with van der Waals surface area (Å²) in [7, 11) is -3.60. The van der Waals surface area contributed by atoms with E-state index in [0.29, 0.717) is 0 Å². The van der Waals surface area contributed by atoms with Crippen LogP contribution in [0.3, 0.4) is 0 Å². The molecule has 9 heteroatoms. The van der Waals surface area contributed by atoms with Crippen molar-refractivity contribution in [1.82, 2.24) is 20.1 Å². The Hall–Kier alpha value is -2.78. The average molecular weight is 374 g/mol. The summed E-state index contributed by atoms with van der Waals surface area (Å²) in [5.74, 6) is -1.13. The van der Waals surface area contributed by atoms with Gasteiger partial charge in [-0.1, -0.05) is 24.3 Å². The third-order valence-corrected chi connectivity index (χ3v) is 5.39. The van der Waals surface area contributed by atoms with E-state index >= 15 is 0 Å². The quantitative estimate of drug-likeness (QED) is 0.748. The minimum absolute atomic E-state index is 0.115. The number of pyridine rings is 1. The van der Waals surface area contributed by atoms with Crippen molar-refractivity contribution in [2.45, 2.75) is 19.0 Å². The summed E-state index contributed by atoms with van der Waals surface area (Å²) in [5, 5.41) is 0. The lowest BCUT2D eigenvalue weighted by molar-refractivity contribution is -0.126. The fourth-order valence-electron chi connectivity index (χ4n) is 2.84. The van der Waals surface area contributed by atoms with Crippen LogP contribution in [0.15, 0.2) is 48.8 Å². The second-order valence-corrected chi connectivity index (χ2v) is 7.92. The van der Waals surface area contributed by atoms with Gasteiger partial charge in [-0.05, 0) is 29.7 Å². The van der Waals surface area contributed by atoms with Gasteiger partial charge in [0.2, 0.25) is 10.0 Å². The first kappa shape index (κ1) is 18.0. The molecule has 26 heavy (non-hydrogen) atoms. The minimum atomic E-state index is -3.60. The standard InChI is InChI=1S/C17H18N4O4S/c1-26(24,25)21-11-14-6-3-2-5-12(14)9-15(21)17(23)20-19-16(22)13-7-4-8-18-10-13/h2-8,10,15H,9,11H2,1H3,(H,19,22)(H,20,23)/t15-/m1/s1. The van der Waals surface area contributed by atoms with E-state index in [2.05, 4.69) is 15.8 Å². The molecule has 0 saturated heterocycles. The van der Waals surface area contributed by atoms with Crippen LogP contribution in [0, 0.1) is 0 Å². The predicted molar refractivity (Wildman–Crippen MR) is 94.2 cm³/mol. The van der Waals surface area contributed by atoms with Crippen LogP contribution in [-0.4, -0.2) is 41.8 Å². The first-order valence-electron chi connectivity index (χ1n) is 7.90. The molecule has 3 rings (SSSR count). The Balaban J connectivity index is 1.75. The van der Waals surface area contributed by atoms with Gasteiger partial charge in [-0.3, -0.25) is 25.4 Å². The number of hydrazine groups is 1. The largest absolute Gasteiger partial charge is 0.271 e. The number of rotatable bonds is 3. The van der Waals surface area contributed by atoms with Crippen LogP contribution < -0.4 is 10.9 Å². The molecule has 1 aromatic heterocycles. The first-order chi connectivity index (χ1) is 12.4. The van der Waals surface area contributed by atoms with Crippen LogP contribution >= 0.6 is 0 Å². The number of sulfonamides is 1. The maximum Gasteiger partial charge on any atom is 0.271 e. The van der Waals surface area contributed by atoms with Crippen molar-refractivity contribution < 1.29 is 18.0 Å². The number of amides is 2. The van der Waals surface area contributed by atoms with E-state index < -0.39 is 27.9 Å². The molecular formula is C17H18N4O4S. The number of carbonyl (C=O) groups excluding carboxylic acids is 2. The molecule has 0 fully saturated rings. The van der Waals surface area contributed by atoms with E-state index in [9.17, 15) is 18.0 Å². The van der Waals surface area contributed by atoms with E-state index in [1.54, 1.807) is 12.1 Å². The molecular weight excluding hydrogens is 356 g/mol. The van der Waals surface area contributed by atoms with Crippen molar-refractivity contribution in [2.75, 3.05) is 6.26 Å². The SMILES string of the molecule is CS(=O)(=O)N1Cc2ccccc2C[C@@H]1C(=O)NNC(=O)c1cccnc1. The molecule has 136 valence electrons. The Bertz CT molecular complexity index is 931. The Morgan fingerprint density at radius 1 is 1.12 bits per heavy atom. The number of fused-ring (bicyclic) bond motifs is 1. The maximum atomic E-state index is 12.6. The van der Waals surface area contributed by atoms with Gasteiger partial charge in [0.1, 0.15) is 6.04 Å². The van der Waals surface area contributed by atoms with Crippen LogP contribution in [0.2, 0.25) is 0 Å². The Morgan fingerprint density at radius 2 is 1.85 bits per heavy atom. The van der Waals surface area contributed by atoms with E-state index in [-0.39, 0.29) is 18.5 Å². The number of hydrogen-bond acceptors (Lipinski definition) is 5. The van der Waals surface area contributed by atoms with Gasteiger partial charge < -0.3 is 0 Å². The maximum absolute atomic E-state index is 12.6. The summed E-state index contributed by atoms with van der Waals surface area (Å²) in [6, 6.07) is 9.58. The summed E-state index contributed by atoms with van der Waals surface area (Å²) in [4.78, 5) is 28.4. The molecule has 1 aliphatic heterocycles. The second kappa shape index (κ2) is 7.22. The molecule has 2 aromatic rings. The lowest BCUT2D eigenvalue weighted by Crippen LogP contribution is -2.55. The van der Waals surface area contributed by atoms with Crippen LogP contribution in [0.1, 0.15) is 21.5 Å². The molecule has 1 aliphatic rings. The fourth-order valence-corrected chi connectivity index (χ4v) is 3.85. The first-order valence-corrected chi connectivity index (χ1v) is 9.75. The summed E-state index contributed by atoms with van der Waals surface area (Å²) < 4.78 is 25.4. The highest BCUT2D eigenvalue weighted by Gasteiger charge is 2.36. The highest BCUT2D eigenvalue weighted by Crippen LogP contribution is 2.25. The zero-order valence-electron chi connectivity index (χ0n) is 14.0. The van der Waals surface area contributed by atoms with Crippen LogP contribution in [-0.2, 0) is 27.8 Å². The van der Waals surface area contributed by atoms with Gasteiger partial charge in [-0.25, -0.2) is 8.42 Å². The monoisotopic (exact) mass is 374 g/mol. The van der Waals surface area contributed by atoms with Crippen LogP contribution in [0.5, 0.6) is 0 Å². The average Bonchev–Trinajstić information content (AvgIpc) is 2.64. The number of hydrogen-bond donors (Lipinski definition) is 2. The van der Waals surface area contributed by atoms with Crippen molar-refractivity contribution in [1.29, 1.82) is 0 Å². The molecule has 8 nitrogen and oxygen atoms in total. The highest BCUT2D eigenvalue weighted by molar-refractivity contribution is 7.88. The zero-order valence-corrected chi connectivity index (χ0v) is 14.9. The molecule has 1 aromatic carbocycles. The highest BCUT2D eigenvalue weighted by atomic mass is 32.2. The summed E-state index contributed by atoms with van der Waals surface area (Å²) in [6.07, 6.45) is 4.19. The molecule has 0 spiro atoms. The molecule has 0 bridgehead atoms. The van der Waals surface area contributed by atoms with Gasteiger partial charge in [0.15, 0.2) is 0 Å². The Labute approximate surface area is 151 Å². The predicted octanol–water partition coefficient (Wildman–Crippen LogP) is 0.229. The lowest BCUT2D eigenvalue weighted by Gasteiger charge is -2.34. The number of aromatic nitrogens is 1. The summed E-state index contributed by atoms with van der Waals surface area (Å²) in [6.45, 7) is 0.115. The number of carbonyl (C=O) groups is 2. The lowest BCUT2D eigenvalue weighted by atomic mass is 9.95. The summed E-state index contributed by atoms with van der Waals surface area (Å²) in [5.41, 5.74) is 6.65. The van der Waals surface area contributed by atoms with Gasteiger partial charge in [0, 0.05) is 18.9 Å². The number of nitrogens with one attached hydrogen (secondary N) is 2. The molecule has 2 amide bonds. The Morgan fingerprint density at radius 3 is 2.50 bits per heavy atom. The fraction of sp³-hybridized carbons (Fsp3) is 0.235. The van der Waals surface area contributed by atoms with E-state index in [1.807, 2.05) is 24.3 Å². The van der Waals surface area contributed by atoms with Crippen molar-refractivity contribution in [3.8, 4) is 0 Å². The number of nitrogens with zero attached hydrogens (tertiary/aromatic N) is 2. The van der Waals surface area contributed by atoms with Crippen molar-refractivity contribution in [2.24, 2.45) is 0 Å². The van der Waals surface area contributed by atoms with Crippen LogP contribution in [0.4, 0.5) is 0 Å². The topological polar surface area (TPSA) is 108 Å². The van der Waals surface area contributed by atoms with Gasteiger partial charge in [0.25, 0.3) is 11.8 Å². The number of benzene rings is 1. The molecule has 2 N–H and O–H groups in total. The smallest absolute Gasteiger partial charge is 0.271 e. The molecule has 0 radical (unpaired) electrons. The Kier molecular flexibility index (Phi) is 5.01. The van der Waals surface area contributed by atoms with Crippen molar-refractivity contribution in [3.05, 3.63) is 65.5 Å². The van der Waals surface area contributed by atoms with Crippen molar-refractivity contribution >= 4 is 21.8 Å². The van der Waals surface area contributed by atoms with Crippen LogP contribution in [0.25, 0.3) is 0 Å². The van der Waals surface area contributed by atoms with Crippen molar-refractivity contribution in [3.63, 3.8) is 0 Å². The van der Waals surface area contributed by atoms with E-state index in [0.717, 1.165) is 21.7 Å². The molecule has 2 heterocycles. The third kappa shape index (κ3) is 3.89. The normalized spacial score (nSPS) is 17.2.